The normalized spacial score (nSPS) is 24.9. The van der Waals surface area contributed by atoms with E-state index in [1.165, 1.54) is 12.1 Å². The number of morpholine rings is 1. The molecule has 2 bridgehead atoms. The fourth-order valence-electron chi connectivity index (χ4n) is 3.74. The van der Waals surface area contributed by atoms with Crippen molar-refractivity contribution in [1.29, 1.82) is 5.26 Å². The summed E-state index contributed by atoms with van der Waals surface area (Å²) >= 11 is 0. The minimum Gasteiger partial charge on any atom is -0.444 e. The van der Waals surface area contributed by atoms with Gasteiger partial charge in [-0.05, 0) is 51.8 Å². The van der Waals surface area contributed by atoms with E-state index in [0.29, 0.717) is 31.6 Å². The molecule has 2 aliphatic rings. The molecule has 2 fully saturated rings. The second-order valence-corrected chi connectivity index (χ2v) is 8.07. The lowest BCUT2D eigenvalue weighted by Crippen LogP contribution is -2.60. The zero-order chi connectivity index (χ0) is 19.8. The third-order valence-corrected chi connectivity index (χ3v) is 4.87. The highest BCUT2D eigenvalue weighted by Crippen LogP contribution is 2.34. The molecule has 0 N–H and O–H groups in total. The molecular weight excluding hydrogens is 351 g/mol. The third-order valence-electron chi connectivity index (χ3n) is 4.87. The Balaban J connectivity index is 1.77. The monoisotopic (exact) mass is 374 g/mol. The SMILES string of the molecule is CC(C)(C)OC(=O)N1C2COCC1CC(C(=O)c1ccc(F)c(C#N)c1)C2. The molecule has 27 heavy (non-hydrogen) atoms. The van der Waals surface area contributed by atoms with Crippen LogP contribution in [0.4, 0.5) is 9.18 Å². The van der Waals surface area contributed by atoms with Crippen LogP contribution in [-0.2, 0) is 9.47 Å². The largest absolute Gasteiger partial charge is 0.444 e. The number of Topliss-reactive ketones (excluding diaryl/α,β-unsaturated/α-hetero) is 1. The Morgan fingerprint density at radius 1 is 1.26 bits per heavy atom. The number of halogens is 1. The lowest BCUT2D eigenvalue weighted by Gasteiger charge is -2.47. The van der Waals surface area contributed by atoms with E-state index in [1.54, 1.807) is 11.0 Å². The number of carbonyl (C=O) groups excluding carboxylic acids is 2. The Morgan fingerprint density at radius 3 is 2.44 bits per heavy atom. The molecule has 0 saturated carbocycles. The maximum absolute atomic E-state index is 13.5. The summed E-state index contributed by atoms with van der Waals surface area (Å²) in [4.78, 5) is 27.2. The molecule has 6 nitrogen and oxygen atoms in total. The van der Waals surface area contributed by atoms with Gasteiger partial charge in [0.25, 0.3) is 0 Å². The second-order valence-electron chi connectivity index (χ2n) is 8.07. The van der Waals surface area contributed by atoms with Crippen LogP contribution in [0.3, 0.4) is 0 Å². The Morgan fingerprint density at radius 2 is 1.89 bits per heavy atom. The topological polar surface area (TPSA) is 79.6 Å². The first-order valence-corrected chi connectivity index (χ1v) is 9.02. The minimum absolute atomic E-state index is 0.132. The van der Waals surface area contributed by atoms with Crippen LogP contribution < -0.4 is 0 Å². The van der Waals surface area contributed by atoms with E-state index >= 15 is 0 Å². The van der Waals surface area contributed by atoms with E-state index in [0.717, 1.165) is 6.07 Å². The number of benzene rings is 1. The number of hydrogen-bond acceptors (Lipinski definition) is 5. The van der Waals surface area contributed by atoms with Crippen molar-refractivity contribution < 1.29 is 23.5 Å². The Labute approximate surface area is 157 Å². The van der Waals surface area contributed by atoms with Crippen molar-refractivity contribution >= 4 is 11.9 Å². The summed E-state index contributed by atoms with van der Waals surface area (Å²) in [6, 6.07) is 5.13. The molecule has 0 aliphatic carbocycles. The van der Waals surface area contributed by atoms with Crippen LogP contribution in [0.5, 0.6) is 0 Å². The average Bonchev–Trinajstić information content (AvgIpc) is 2.59. The Hall–Kier alpha value is -2.46. The average molecular weight is 374 g/mol. The van der Waals surface area contributed by atoms with Gasteiger partial charge in [0.1, 0.15) is 17.5 Å². The van der Waals surface area contributed by atoms with Gasteiger partial charge in [0, 0.05) is 11.5 Å². The molecule has 2 saturated heterocycles. The first-order valence-electron chi connectivity index (χ1n) is 9.02. The fraction of sp³-hybridized carbons (Fsp3) is 0.550. The molecular formula is C20H23FN2O4. The van der Waals surface area contributed by atoms with Gasteiger partial charge in [-0.3, -0.25) is 9.69 Å². The van der Waals surface area contributed by atoms with Gasteiger partial charge >= 0.3 is 6.09 Å². The van der Waals surface area contributed by atoms with Gasteiger partial charge in [0.2, 0.25) is 0 Å². The molecule has 7 heteroatoms. The molecule has 2 atom stereocenters. The molecule has 3 rings (SSSR count). The first kappa shape index (κ1) is 19.3. The predicted octanol–water partition coefficient (Wildman–Crippen LogP) is 3.29. The second kappa shape index (κ2) is 7.28. The first-order chi connectivity index (χ1) is 12.7. The molecule has 0 radical (unpaired) electrons. The van der Waals surface area contributed by atoms with E-state index < -0.39 is 11.4 Å². The van der Waals surface area contributed by atoms with E-state index in [-0.39, 0.29) is 35.4 Å². The third kappa shape index (κ3) is 4.11. The van der Waals surface area contributed by atoms with Gasteiger partial charge in [-0.2, -0.15) is 5.26 Å². The molecule has 2 aliphatic heterocycles. The molecule has 144 valence electrons. The van der Waals surface area contributed by atoms with Crippen LogP contribution in [0.15, 0.2) is 18.2 Å². The van der Waals surface area contributed by atoms with Gasteiger partial charge in [0.05, 0.1) is 30.9 Å². The van der Waals surface area contributed by atoms with Crippen LogP contribution in [0, 0.1) is 23.1 Å². The highest BCUT2D eigenvalue weighted by molar-refractivity contribution is 5.98. The Bertz CT molecular complexity index is 782. The van der Waals surface area contributed by atoms with Gasteiger partial charge < -0.3 is 9.47 Å². The summed E-state index contributed by atoms with van der Waals surface area (Å²) in [6.45, 7) is 6.15. The number of fused-ring (bicyclic) bond motifs is 2. The number of hydrogen-bond donors (Lipinski definition) is 0. The highest BCUT2D eigenvalue weighted by Gasteiger charge is 2.45. The van der Waals surface area contributed by atoms with Crippen LogP contribution in [0.2, 0.25) is 0 Å². The summed E-state index contributed by atoms with van der Waals surface area (Å²) in [7, 11) is 0. The van der Waals surface area contributed by atoms with Crippen molar-refractivity contribution in [3.05, 3.63) is 35.1 Å². The number of nitriles is 1. The Kier molecular flexibility index (Phi) is 5.20. The van der Waals surface area contributed by atoms with Crippen LogP contribution in [0.25, 0.3) is 0 Å². The molecule has 1 aromatic rings. The highest BCUT2D eigenvalue weighted by atomic mass is 19.1. The maximum Gasteiger partial charge on any atom is 0.410 e. The van der Waals surface area contributed by atoms with E-state index in [1.807, 2.05) is 20.8 Å². The summed E-state index contributed by atoms with van der Waals surface area (Å²) in [6.07, 6.45) is 0.516. The molecule has 1 aromatic carbocycles. The van der Waals surface area contributed by atoms with Crippen LogP contribution >= 0.6 is 0 Å². The number of rotatable bonds is 2. The quantitative estimate of drug-likeness (QED) is 0.742. The lowest BCUT2D eigenvalue weighted by atomic mass is 9.80. The summed E-state index contributed by atoms with van der Waals surface area (Å²) in [5.74, 6) is -1.08. The summed E-state index contributed by atoms with van der Waals surface area (Å²) in [5, 5.41) is 8.98. The van der Waals surface area contributed by atoms with Gasteiger partial charge in [-0.15, -0.1) is 0 Å². The number of ketones is 1. The van der Waals surface area contributed by atoms with Gasteiger partial charge in [-0.25, -0.2) is 9.18 Å². The zero-order valence-corrected chi connectivity index (χ0v) is 15.7. The van der Waals surface area contributed by atoms with Gasteiger partial charge in [0.15, 0.2) is 5.78 Å². The van der Waals surface area contributed by atoms with Crippen molar-refractivity contribution in [1.82, 2.24) is 4.90 Å². The maximum atomic E-state index is 13.5. The molecule has 2 heterocycles. The number of ether oxygens (including phenoxy) is 2. The number of nitrogens with zero attached hydrogens (tertiary/aromatic N) is 2. The van der Waals surface area contributed by atoms with Crippen molar-refractivity contribution in [2.45, 2.75) is 51.3 Å². The fourth-order valence-corrected chi connectivity index (χ4v) is 3.74. The standard InChI is InChI=1S/C20H23FN2O4/c1-20(2,3)27-19(25)23-15-7-13(8-16(23)11-26-10-15)18(24)12-4-5-17(21)14(6-12)9-22/h4-6,13,15-16H,7-8,10-11H2,1-3H3. The van der Waals surface area contributed by atoms with Crippen LogP contribution in [-0.4, -0.2) is 47.7 Å². The summed E-state index contributed by atoms with van der Waals surface area (Å²) in [5.41, 5.74) is -0.418. The van der Waals surface area contributed by atoms with E-state index in [2.05, 4.69) is 0 Å². The lowest BCUT2D eigenvalue weighted by molar-refractivity contribution is -0.0861. The van der Waals surface area contributed by atoms with Crippen LogP contribution in [0.1, 0.15) is 49.5 Å². The number of amides is 1. The summed E-state index contributed by atoms with van der Waals surface area (Å²) < 4.78 is 24.6. The van der Waals surface area contributed by atoms with Gasteiger partial charge in [-0.1, -0.05) is 0 Å². The molecule has 2 unspecified atom stereocenters. The molecule has 1 amide bonds. The van der Waals surface area contributed by atoms with E-state index in [9.17, 15) is 14.0 Å². The van der Waals surface area contributed by atoms with E-state index in [4.69, 9.17) is 14.7 Å². The molecule has 0 spiro atoms. The van der Waals surface area contributed by atoms with Crippen molar-refractivity contribution in [2.75, 3.05) is 13.2 Å². The number of carbonyl (C=O) groups is 2. The predicted molar refractivity (Wildman–Crippen MR) is 94.6 cm³/mol. The molecule has 0 aromatic heterocycles. The van der Waals surface area contributed by atoms with Crippen molar-refractivity contribution in [3.8, 4) is 6.07 Å². The van der Waals surface area contributed by atoms with Crippen molar-refractivity contribution in [2.24, 2.45) is 5.92 Å². The minimum atomic E-state index is -0.640. The van der Waals surface area contributed by atoms with Crippen molar-refractivity contribution in [3.63, 3.8) is 0 Å². The smallest absolute Gasteiger partial charge is 0.410 e. The number of piperidine rings is 1. The zero-order valence-electron chi connectivity index (χ0n) is 15.7.